The zero-order valence-electron chi connectivity index (χ0n) is 22.5. The van der Waals surface area contributed by atoms with Crippen LogP contribution in [-0.2, 0) is 21.0 Å². The Morgan fingerprint density at radius 2 is 1.72 bits per heavy atom. The average molecular weight is 517 g/mol. The number of halogens is 1. The molecule has 3 rings (SSSR count). The van der Waals surface area contributed by atoms with Gasteiger partial charge in [0.25, 0.3) is 0 Å². The molecule has 1 aliphatic carbocycles. The molecule has 8 heteroatoms. The number of hydrogen-bond acceptors (Lipinski definition) is 4. The minimum atomic E-state index is -2.21. The molecule has 0 atom stereocenters. The number of hydrogen-bond donors (Lipinski definition) is 1. The largest absolute Gasteiger partial charge is 0.490 e. The summed E-state index contributed by atoms with van der Waals surface area (Å²) >= 11 is 0. The summed E-state index contributed by atoms with van der Waals surface area (Å²) in [5.74, 6) is 2.33. The number of benzene rings is 1. The molecular weight excluding hydrogens is 475 g/mol. The van der Waals surface area contributed by atoms with E-state index in [2.05, 4.69) is 53.0 Å². The molecule has 1 aliphatic heterocycles. The third kappa shape index (κ3) is 5.47. The van der Waals surface area contributed by atoms with E-state index in [-0.39, 0.29) is 18.9 Å². The summed E-state index contributed by atoms with van der Waals surface area (Å²) in [5, 5.41) is 0. The van der Waals surface area contributed by atoms with Crippen LogP contribution in [0.3, 0.4) is 0 Å². The van der Waals surface area contributed by atoms with Crippen LogP contribution in [0.5, 0.6) is 5.75 Å². The molecule has 1 saturated carbocycles. The van der Waals surface area contributed by atoms with Crippen molar-refractivity contribution in [3.63, 3.8) is 0 Å². The number of nitrogens with two attached hydrogens (primary N) is 1. The predicted octanol–water partition coefficient (Wildman–Crippen LogP) is 5.29. The van der Waals surface area contributed by atoms with Crippen molar-refractivity contribution in [3.8, 4) is 17.2 Å². The van der Waals surface area contributed by atoms with Crippen molar-refractivity contribution in [2.75, 3.05) is 18.1 Å². The lowest BCUT2D eigenvalue weighted by atomic mass is 9.86. The molecule has 1 saturated heterocycles. The number of ether oxygens (including phenoxy) is 2. The molecule has 2 amide bonds. The molecule has 6 nitrogen and oxygen atoms in total. The molecule has 36 heavy (non-hydrogen) atoms. The Morgan fingerprint density at radius 3 is 2.19 bits per heavy atom. The molecule has 198 valence electrons. The van der Waals surface area contributed by atoms with Crippen LogP contribution in [0.1, 0.15) is 72.8 Å². The van der Waals surface area contributed by atoms with Crippen LogP contribution in [-0.4, -0.2) is 44.7 Å². The minimum absolute atomic E-state index is 0.110. The third-order valence-corrected chi connectivity index (χ3v) is 14.2. The molecule has 0 aromatic heterocycles. The highest BCUT2D eigenvalue weighted by Crippen LogP contribution is 2.41. The quantitative estimate of drug-likeness (QED) is 0.357. The lowest BCUT2D eigenvalue weighted by molar-refractivity contribution is -0.130. The van der Waals surface area contributed by atoms with Gasteiger partial charge in [0.15, 0.2) is 0 Å². The first-order chi connectivity index (χ1) is 17.0. The SMILES string of the molecule is CC(C)[Si](C#CC(=O)N(c1ccc(OC2CC2)c(CF)c1)C1(C(N)=O)CCOCC1)(C(C)C)C(C)C. The second-order valence-electron chi connectivity index (χ2n) is 11.0. The molecule has 0 unspecified atom stereocenters. The van der Waals surface area contributed by atoms with Gasteiger partial charge in [0, 0.05) is 37.3 Å². The van der Waals surface area contributed by atoms with Crippen LogP contribution in [0, 0.1) is 11.5 Å². The van der Waals surface area contributed by atoms with Crippen molar-refractivity contribution in [2.24, 2.45) is 5.73 Å². The Kier molecular flexibility index (Phi) is 8.89. The average Bonchev–Trinajstić information content (AvgIpc) is 3.64. The van der Waals surface area contributed by atoms with Gasteiger partial charge in [-0.15, -0.1) is 5.54 Å². The number of anilines is 1. The number of primary amides is 1. The second-order valence-corrected chi connectivity index (χ2v) is 16.6. The number of amides is 2. The van der Waals surface area contributed by atoms with Crippen molar-refractivity contribution in [1.29, 1.82) is 0 Å². The van der Waals surface area contributed by atoms with Gasteiger partial charge in [-0.3, -0.25) is 14.5 Å². The van der Waals surface area contributed by atoms with E-state index < -0.39 is 32.1 Å². The fraction of sp³-hybridized carbons (Fsp3) is 0.643. The summed E-state index contributed by atoms with van der Waals surface area (Å²) in [6.45, 7) is 12.9. The maximum atomic E-state index is 14.1. The predicted molar refractivity (Wildman–Crippen MR) is 143 cm³/mol. The topological polar surface area (TPSA) is 81.9 Å². The minimum Gasteiger partial charge on any atom is -0.490 e. The molecule has 2 aliphatic rings. The van der Waals surface area contributed by atoms with Crippen molar-refractivity contribution in [1.82, 2.24) is 0 Å². The van der Waals surface area contributed by atoms with Gasteiger partial charge in [-0.2, -0.15) is 0 Å². The highest BCUT2D eigenvalue weighted by Gasteiger charge is 2.48. The molecule has 0 bridgehead atoms. The van der Waals surface area contributed by atoms with Crippen LogP contribution in [0.25, 0.3) is 0 Å². The number of carbonyl (C=O) groups excluding carboxylic acids is 2. The van der Waals surface area contributed by atoms with Gasteiger partial charge in [0.1, 0.15) is 26.0 Å². The van der Waals surface area contributed by atoms with Gasteiger partial charge in [0.05, 0.1) is 6.10 Å². The first kappa shape index (κ1) is 28.2. The monoisotopic (exact) mass is 516 g/mol. The van der Waals surface area contributed by atoms with E-state index in [1.165, 1.54) is 4.90 Å². The maximum Gasteiger partial charge on any atom is 0.303 e. The second kappa shape index (κ2) is 11.3. The molecule has 0 spiro atoms. The fourth-order valence-corrected chi connectivity index (χ4v) is 11.0. The normalized spacial score (nSPS) is 17.6. The van der Waals surface area contributed by atoms with E-state index in [4.69, 9.17) is 15.2 Å². The van der Waals surface area contributed by atoms with Crippen LogP contribution in [0.2, 0.25) is 16.6 Å². The maximum absolute atomic E-state index is 14.1. The number of nitrogens with zero attached hydrogens (tertiary/aromatic N) is 1. The van der Waals surface area contributed by atoms with E-state index >= 15 is 0 Å². The van der Waals surface area contributed by atoms with Gasteiger partial charge >= 0.3 is 5.91 Å². The molecule has 1 aromatic rings. The third-order valence-electron chi connectivity index (χ3n) is 7.93. The van der Waals surface area contributed by atoms with E-state index in [1.807, 2.05) is 0 Å². The lowest BCUT2D eigenvalue weighted by Crippen LogP contribution is -2.62. The van der Waals surface area contributed by atoms with Gasteiger partial charge < -0.3 is 15.2 Å². The summed E-state index contributed by atoms with van der Waals surface area (Å²) in [7, 11) is -2.21. The van der Waals surface area contributed by atoms with Crippen LogP contribution < -0.4 is 15.4 Å². The lowest BCUT2D eigenvalue weighted by Gasteiger charge is -2.43. The Bertz CT molecular complexity index is 998. The van der Waals surface area contributed by atoms with E-state index in [9.17, 15) is 14.0 Å². The molecule has 1 aromatic carbocycles. The Labute approximate surface area is 216 Å². The Hall–Kier alpha value is -2.37. The van der Waals surface area contributed by atoms with Gasteiger partial charge in [-0.05, 0) is 53.6 Å². The molecule has 2 fully saturated rings. The smallest absolute Gasteiger partial charge is 0.303 e. The summed E-state index contributed by atoms with van der Waals surface area (Å²) in [6, 6.07) is 4.98. The molecule has 2 N–H and O–H groups in total. The van der Waals surface area contributed by atoms with Crippen molar-refractivity contribution in [2.45, 2.75) is 102 Å². The van der Waals surface area contributed by atoms with Crippen molar-refractivity contribution < 1.29 is 23.5 Å². The zero-order chi connectivity index (χ0) is 26.7. The standard InChI is InChI=1S/C28H41FN2O4Si/c1-19(2)36(20(3)4,21(5)6)16-11-26(32)31(28(27(30)33)12-14-34-15-13-28)23-7-10-25(22(17-23)18-29)35-24-8-9-24/h7,10,17,19-21,24H,8-9,12-15,18H2,1-6H3,(H2,30,33). The first-order valence-corrected chi connectivity index (χ1v) is 15.3. The van der Waals surface area contributed by atoms with E-state index in [0.29, 0.717) is 46.8 Å². The molecule has 1 heterocycles. The number of alkyl halides is 1. The van der Waals surface area contributed by atoms with Crippen molar-refractivity contribution in [3.05, 3.63) is 23.8 Å². The highest BCUT2D eigenvalue weighted by molar-refractivity contribution is 6.90. The summed E-state index contributed by atoms with van der Waals surface area (Å²) in [6.07, 6.45) is 2.51. The van der Waals surface area contributed by atoms with Crippen LogP contribution >= 0.6 is 0 Å². The molecule has 0 radical (unpaired) electrons. The fourth-order valence-electron chi connectivity index (χ4n) is 5.79. The zero-order valence-corrected chi connectivity index (χ0v) is 23.5. The summed E-state index contributed by atoms with van der Waals surface area (Å²) in [5.41, 5.74) is 9.89. The van der Waals surface area contributed by atoms with Crippen LogP contribution in [0.15, 0.2) is 18.2 Å². The van der Waals surface area contributed by atoms with Crippen LogP contribution in [0.4, 0.5) is 10.1 Å². The van der Waals surface area contributed by atoms with E-state index in [1.54, 1.807) is 18.2 Å². The highest BCUT2D eigenvalue weighted by atomic mass is 28.3. The van der Waals surface area contributed by atoms with Gasteiger partial charge in [-0.25, -0.2) is 4.39 Å². The number of carbonyl (C=O) groups is 2. The summed E-state index contributed by atoms with van der Waals surface area (Å²) < 4.78 is 25.4. The van der Waals surface area contributed by atoms with E-state index in [0.717, 1.165) is 12.8 Å². The Balaban J connectivity index is 2.13. The van der Waals surface area contributed by atoms with Gasteiger partial charge in [-0.1, -0.05) is 41.5 Å². The first-order valence-electron chi connectivity index (χ1n) is 13.1. The van der Waals surface area contributed by atoms with Crippen molar-refractivity contribution >= 4 is 25.6 Å². The molecular formula is C28H41FN2O4Si. The number of rotatable bonds is 9. The summed E-state index contributed by atoms with van der Waals surface area (Å²) in [4.78, 5) is 28.3. The Morgan fingerprint density at radius 1 is 1.14 bits per heavy atom. The van der Waals surface area contributed by atoms with Gasteiger partial charge in [0.2, 0.25) is 5.91 Å².